The van der Waals surface area contributed by atoms with Crippen LogP contribution in [0.1, 0.15) is 17.3 Å². The van der Waals surface area contributed by atoms with Crippen LogP contribution in [-0.4, -0.2) is 28.2 Å². The van der Waals surface area contributed by atoms with Gasteiger partial charge >= 0.3 is 0 Å². The van der Waals surface area contributed by atoms with Crippen molar-refractivity contribution in [1.29, 1.82) is 0 Å². The lowest BCUT2D eigenvalue weighted by molar-refractivity contribution is 0.0956. The number of hydrogen-bond donors (Lipinski definition) is 1. The van der Waals surface area contributed by atoms with E-state index in [1.54, 1.807) is 12.1 Å². The molecule has 0 saturated carbocycles. The van der Waals surface area contributed by atoms with Gasteiger partial charge in [0.05, 0.1) is 0 Å². The van der Waals surface area contributed by atoms with E-state index in [1.807, 2.05) is 19.1 Å². The molecule has 1 N–H and O–H groups in total. The van der Waals surface area contributed by atoms with Gasteiger partial charge in [0, 0.05) is 38.0 Å². The molecule has 0 aromatic heterocycles. The summed E-state index contributed by atoms with van der Waals surface area (Å²) in [4.78, 5) is 11.6. The van der Waals surface area contributed by atoms with Crippen molar-refractivity contribution in [2.45, 2.75) is 6.92 Å². The number of amides is 1. The fourth-order valence-electron chi connectivity index (χ4n) is 1.13. The molecule has 1 aromatic rings. The van der Waals surface area contributed by atoms with Crippen molar-refractivity contribution in [1.82, 2.24) is 5.32 Å². The molecule has 1 rings (SSSR count). The minimum Gasteiger partial charge on any atom is -0.351 e. The Morgan fingerprint density at radius 2 is 2.00 bits per heavy atom. The van der Waals surface area contributed by atoms with Crippen LogP contribution in [-0.2, 0) is 10.8 Å². The summed E-state index contributed by atoms with van der Waals surface area (Å²) in [6.45, 7) is 2.34. The number of benzene rings is 1. The molecule has 0 aliphatic carbocycles. The largest absolute Gasteiger partial charge is 0.351 e. The van der Waals surface area contributed by atoms with E-state index in [2.05, 4.69) is 27.9 Å². The molecule has 0 fully saturated rings. The second-order valence-corrected chi connectivity index (χ2v) is 6.31. The number of rotatable bonds is 5. The Kier molecular flexibility index (Phi) is 5.97. The van der Waals surface area contributed by atoms with E-state index in [4.69, 9.17) is 0 Å². The fraction of sp³-hybridized carbons (Fsp3) is 0.364. The van der Waals surface area contributed by atoms with Crippen molar-refractivity contribution in [3.63, 3.8) is 0 Å². The Morgan fingerprint density at radius 1 is 1.38 bits per heavy atom. The Bertz CT molecular complexity index is 378. The van der Waals surface area contributed by atoms with Crippen molar-refractivity contribution in [2.24, 2.45) is 0 Å². The van der Waals surface area contributed by atoms with Crippen molar-refractivity contribution < 1.29 is 9.00 Å². The maximum absolute atomic E-state index is 11.6. The predicted molar refractivity (Wildman–Crippen MR) is 75.0 cm³/mol. The highest BCUT2D eigenvalue weighted by molar-refractivity contribution is 14.1. The SMILES string of the molecule is CCS(=O)CCNC(=O)c1ccc(I)cc1. The summed E-state index contributed by atoms with van der Waals surface area (Å²) in [5.74, 6) is 1.05. The fourth-order valence-corrected chi connectivity index (χ4v) is 2.10. The number of carbonyl (C=O) groups is 1. The maximum Gasteiger partial charge on any atom is 0.251 e. The molecule has 5 heteroatoms. The van der Waals surface area contributed by atoms with Crippen LogP contribution in [0.5, 0.6) is 0 Å². The van der Waals surface area contributed by atoms with Gasteiger partial charge in [0.1, 0.15) is 0 Å². The first-order valence-corrected chi connectivity index (χ1v) is 7.59. The molecule has 1 atom stereocenters. The van der Waals surface area contributed by atoms with Gasteiger partial charge in [-0.3, -0.25) is 9.00 Å². The minimum atomic E-state index is -0.819. The lowest BCUT2D eigenvalue weighted by Crippen LogP contribution is -2.27. The quantitative estimate of drug-likeness (QED) is 0.823. The van der Waals surface area contributed by atoms with Crippen molar-refractivity contribution in [2.75, 3.05) is 18.1 Å². The minimum absolute atomic E-state index is 0.107. The molecule has 16 heavy (non-hydrogen) atoms. The van der Waals surface area contributed by atoms with Gasteiger partial charge in [0.2, 0.25) is 0 Å². The van der Waals surface area contributed by atoms with E-state index in [9.17, 15) is 9.00 Å². The highest BCUT2D eigenvalue weighted by atomic mass is 127. The number of halogens is 1. The molecule has 1 aromatic carbocycles. The lowest BCUT2D eigenvalue weighted by Gasteiger charge is -2.04. The average Bonchev–Trinajstić information content (AvgIpc) is 2.29. The van der Waals surface area contributed by atoms with Crippen LogP contribution in [0, 0.1) is 3.57 Å². The van der Waals surface area contributed by atoms with Crippen LogP contribution in [0.4, 0.5) is 0 Å². The van der Waals surface area contributed by atoms with Crippen LogP contribution in [0.2, 0.25) is 0 Å². The molecular weight excluding hydrogens is 337 g/mol. The second-order valence-electron chi connectivity index (χ2n) is 3.20. The first-order valence-electron chi connectivity index (χ1n) is 5.02. The molecule has 0 bridgehead atoms. The van der Waals surface area contributed by atoms with E-state index < -0.39 is 10.8 Å². The molecule has 0 aliphatic heterocycles. The Morgan fingerprint density at radius 3 is 2.56 bits per heavy atom. The van der Waals surface area contributed by atoms with Gasteiger partial charge in [-0.25, -0.2) is 0 Å². The third-order valence-electron chi connectivity index (χ3n) is 2.04. The van der Waals surface area contributed by atoms with E-state index >= 15 is 0 Å². The highest BCUT2D eigenvalue weighted by Crippen LogP contribution is 2.06. The lowest BCUT2D eigenvalue weighted by atomic mass is 10.2. The van der Waals surface area contributed by atoms with Gasteiger partial charge in [0.25, 0.3) is 5.91 Å². The van der Waals surface area contributed by atoms with E-state index in [0.29, 0.717) is 23.6 Å². The van der Waals surface area contributed by atoms with Gasteiger partial charge < -0.3 is 5.32 Å². The van der Waals surface area contributed by atoms with Crippen LogP contribution < -0.4 is 5.32 Å². The van der Waals surface area contributed by atoms with Gasteiger partial charge in [-0.2, -0.15) is 0 Å². The molecule has 88 valence electrons. The molecule has 0 saturated heterocycles. The van der Waals surface area contributed by atoms with Crippen molar-refractivity contribution in [3.8, 4) is 0 Å². The predicted octanol–water partition coefficient (Wildman–Crippen LogP) is 1.79. The Labute approximate surface area is 112 Å². The van der Waals surface area contributed by atoms with Crippen molar-refractivity contribution >= 4 is 39.3 Å². The monoisotopic (exact) mass is 351 g/mol. The first kappa shape index (κ1) is 13.6. The van der Waals surface area contributed by atoms with Crippen LogP contribution in [0.25, 0.3) is 0 Å². The van der Waals surface area contributed by atoms with E-state index in [-0.39, 0.29) is 5.91 Å². The van der Waals surface area contributed by atoms with Gasteiger partial charge in [0.15, 0.2) is 0 Å². The summed E-state index contributed by atoms with van der Waals surface area (Å²) in [5.41, 5.74) is 0.641. The summed E-state index contributed by atoms with van der Waals surface area (Å²) in [6.07, 6.45) is 0. The zero-order chi connectivity index (χ0) is 12.0. The van der Waals surface area contributed by atoms with E-state index in [0.717, 1.165) is 3.57 Å². The summed E-state index contributed by atoms with van der Waals surface area (Å²) in [7, 11) is -0.819. The number of carbonyl (C=O) groups excluding carboxylic acids is 1. The Hall–Kier alpha value is -0.430. The van der Waals surface area contributed by atoms with E-state index in [1.165, 1.54) is 0 Å². The molecule has 1 amide bonds. The maximum atomic E-state index is 11.6. The van der Waals surface area contributed by atoms with Crippen molar-refractivity contribution in [3.05, 3.63) is 33.4 Å². The highest BCUT2D eigenvalue weighted by Gasteiger charge is 2.04. The van der Waals surface area contributed by atoms with Crippen LogP contribution >= 0.6 is 22.6 Å². The molecule has 1 unspecified atom stereocenters. The Balaban J connectivity index is 2.41. The molecule has 0 heterocycles. The first-order chi connectivity index (χ1) is 7.63. The zero-order valence-electron chi connectivity index (χ0n) is 9.03. The third-order valence-corrected chi connectivity index (χ3v) is 4.07. The molecule has 0 spiro atoms. The molecular formula is C11H14INO2S. The van der Waals surface area contributed by atoms with Gasteiger partial charge in [-0.05, 0) is 46.9 Å². The molecule has 0 radical (unpaired) electrons. The number of hydrogen-bond acceptors (Lipinski definition) is 2. The second kappa shape index (κ2) is 7.01. The summed E-state index contributed by atoms with van der Waals surface area (Å²) in [5, 5.41) is 2.75. The molecule has 3 nitrogen and oxygen atoms in total. The summed E-state index contributed by atoms with van der Waals surface area (Å²) >= 11 is 2.19. The van der Waals surface area contributed by atoms with Crippen LogP contribution in [0.15, 0.2) is 24.3 Å². The van der Waals surface area contributed by atoms with Gasteiger partial charge in [-0.15, -0.1) is 0 Å². The third kappa shape index (κ3) is 4.61. The number of nitrogens with one attached hydrogen (secondary N) is 1. The summed E-state index contributed by atoms with van der Waals surface area (Å²) in [6, 6.07) is 7.35. The topological polar surface area (TPSA) is 46.2 Å². The van der Waals surface area contributed by atoms with Gasteiger partial charge in [-0.1, -0.05) is 6.92 Å². The smallest absolute Gasteiger partial charge is 0.251 e. The zero-order valence-corrected chi connectivity index (χ0v) is 12.0. The van der Waals surface area contributed by atoms with Crippen LogP contribution in [0.3, 0.4) is 0 Å². The molecule has 0 aliphatic rings. The summed E-state index contributed by atoms with van der Waals surface area (Å²) < 4.78 is 12.2. The standard InChI is InChI=1S/C11H14INO2S/c1-2-16(15)8-7-13-11(14)9-3-5-10(12)6-4-9/h3-6H,2,7-8H2,1H3,(H,13,14). The normalized spacial score (nSPS) is 12.1. The average molecular weight is 351 g/mol.